The Bertz CT molecular complexity index is 1320. The monoisotopic (exact) mass is 509 g/mol. The highest BCUT2D eigenvalue weighted by atomic mass is 32.2. The molecular weight excluding hydrogens is 474 g/mol. The van der Waals surface area contributed by atoms with E-state index in [1.807, 2.05) is 38.1 Å². The number of rotatable bonds is 10. The van der Waals surface area contributed by atoms with Gasteiger partial charge in [0.1, 0.15) is 5.82 Å². The first kappa shape index (κ1) is 27.4. The maximum Gasteiger partial charge on any atom is 0.337 e. The summed E-state index contributed by atoms with van der Waals surface area (Å²) in [6.45, 7) is 8.32. The summed E-state index contributed by atoms with van der Waals surface area (Å²) in [5.74, 6) is 0.110. The van der Waals surface area contributed by atoms with Gasteiger partial charge >= 0.3 is 5.97 Å². The number of esters is 1. The maximum atomic E-state index is 13.2. The molecule has 8 heteroatoms. The first-order valence-corrected chi connectivity index (χ1v) is 13.5. The number of benzene rings is 2. The fourth-order valence-electron chi connectivity index (χ4n) is 4.31. The molecule has 36 heavy (non-hydrogen) atoms. The van der Waals surface area contributed by atoms with Crippen molar-refractivity contribution in [3.8, 4) is 11.3 Å². The molecule has 0 fully saturated rings. The molecule has 0 bridgehead atoms. The van der Waals surface area contributed by atoms with E-state index in [4.69, 9.17) is 10.5 Å². The average Bonchev–Trinajstić information content (AvgIpc) is 2.81. The van der Waals surface area contributed by atoms with Crippen LogP contribution in [0.3, 0.4) is 0 Å². The van der Waals surface area contributed by atoms with Gasteiger partial charge in [0.25, 0.3) is 10.0 Å². The molecule has 2 aromatic carbocycles. The minimum atomic E-state index is -4.01. The van der Waals surface area contributed by atoms with Crippen molar-refractivity contribution in [1.82, 2.24) is 4.98 Å². The molecule has 0 unspecified atom stereocenters. The van der Waals surface area contributed by atoms with Crippen LogP contribution in [0.15, 0.2) is 59.5 Å². The summed E-state index contributed by atoms with van der Waals surface area (Å²) in [7, 11) is -2.76. The van der Waals surface area contributed by atoms with E-state index in [-0.39, 0.29) is 22.3 Å². The number of nitrogens with zero attached hydrogens (tertiary/aromatic N) is 1. The molecule has 3 N–H and O–H groups in total. The molecular formula is C28H35N3O4S. The molecule has 0 amide bonds. The van der Waals surface area contributed by atoms with E-state index in [1.54, 1.807) is 6.07 Å². The van der Waals surface area contributed by atoms with Gasteiger partial charge < -0.3 is 10.5 Å². The number of nitrogens with two attached hydrogens (primary N) is 1. The lowest BCUT2D eigenvalue weighted by Gasteiger charge is -2.16. The normalized spacial score (nSPS) is 12.4. The number of hydrogen-bond acceptors (Lipinski definition) is 6. The number of ether oxygens (including phenoxy) is 1. The highest BCUT2D eigenvalue weighted by molar-refractivity contribution is 7.92. The number of pyridine rings is 1. The minimum absolute atomic E-state index is 0.0508. The van der Waals surface area contributed by atoms with Gasteiger partial charge in [0.05, 0.1) is 23.3 Å². The molecule has 0 radical (unpaired) electrons. The van der Waals surface area contributed by atoms with Gasteiger partial charge in [-0.15, -0.1) is 0 Å². The summed E-state index contributed by atoms with van der Waals surface area (Å²) in [6.07, 6.45) is 2.40. The molecule has 0 aliphatic carbocycles. The summed E-state index contributed by atoms with van der Waals surface area (Å²) in [5.41, 5.74) is 11.2. The van der Waals surface area contributed by atoms with Crippen LogP contribution in [0, 0.1) is 19.8 Å². The third-order valence-corrected chi connectivity index (χ3v) is 7.36. The topological polar surface area (TPSA) is 111 Å². The van der Waals surface area contributed by atoms with Gasteiger partial charge in [0, 0.05) is 11.6 Å². The number of nitrogens with one attached hydrogen (secondary N) is 1. The van der Waals surface area contributed by atoms with Gasteiger partial charge in [0.15, 0.2) is 0 Å². The fraction of sp³-hybridized carbons (Fsp3) is 0.357. The van der Waals surface area contributed by atoms with Crippen molar-refractivity contribution >= 4 is 21.8 Å². The van der Waals surface area contributed by atoms with Crippen molar-refractivity contribution in [2.45, 2.75) is 57.9 Å². The van der Waals surface area contributed by atoms with Crippen LogP contribution in [-0.4, -0.2) is 32.5 Å². The Balaban J connectivity index is 2.00. The second kappa shape index (κ2) is 11.7. The molecule has 0 spiro atoms. The summed E-state index contributed by atoms with van der Waals surface area (Å²) in [6, 6.07) is 15.5. The van der Waals surface area contributed by atoms with Gasteiger partial charge in [-0.05, 0) is 86.1 Å². The second-order valence-corrected chi connectivity index (χ2v) is 11.2. The lowest BCUT2D eigenvalue weighted by molar-refractivity contribution is 0.0600. The predicted octanol–water partition coefficient (Wildman–Crippen LogP) is 5.26. The second-order valence-electron chi connectivity index (χ2n) is 9.57. The summed E-state index contributed by atoms with van der Waals surface area (Å²) >= 11 is 0. The van der Waals surface area contributed by atoms with E-state index in [9.17, 15) is 13.2 Å². The fourth-order valence-corrected chi connectivity index (χ4v) is 5.35. The molecule has 0 saturated heterocycles. The van der Waals surface area contributed by atoms with Gasteiger partial charge in [0.2, 0.25) is 0 Å². The molecule has 0 aliphatic heterocycles. The minimum Gasteiger partial charge on any atom is -0.465 e. The largest absolute Gasteiger partial charge is 0.465 e. The summed E-state index contributed by atoms with van der Waals surface area (Å²) < 4.78 is 33.8. The molecule has 3 rings (SSSR count). The number of carbonyl (C=O) groups is 1. The molecule has 192 valence electrons. The summed E-state index contributed by atoms with van der Waals surface area (Å²) in [5, 5.41) is 0. The Kier molecular flexibility index (Phi) is 8.87. The maximum absolute atomic E-state index is 13.2. The molecule has 3 aromatic rings. The third-order valence-electron chi connectivity index (χ3n) is 6.00. The molecule has 0 saturated carbocycles. The first-order chi connectivity index (χ1) is 17.0. The van der Waals surface area contributed by atoms with Crippen LogP contribution in [0.4, 0.5) is 5.82 Å². The van der Waals surface area contributed by atoms with E-state index in [0.29, 0.717) is 18.0 Å². The van der Waals surface area contributed by atoms with Crippen LogP contribution < -0.4 is 10.5 Å². The number of carbonyl (C=O) groups excluding carboxylic acids is 1. The summed E-state index contributed by atoms with van der Waals surface area (Å²) in [4.78, 5) is 16.5. The van der Waals surface area contributed by atoms with Crippen molar-refractivity contribution in [3.63, 3.8) is 0 Å². The first-order valence-electron chi connectivity index (χ1n) is 12.0. The number of methoxy groups -OCH3 is 1. The van der Waals surface area contributed by atoms with Crippen molar-refractivity contribution in [1.29, 1.82) is 0 Å². The van der Waals surface area contributed by atoms with Crippen molar-refractivity contribution in [3.05, 3.63) is 76.9 Å². The highest BCUT2D eigenvalue weighted by Crippen LogP contribution is 2.29. The zero-order chi connectivity index (χ0) is 26.5. The zero-order valence-electron chi connectivity index (χ0n) is 21.5. The molecule has 1 heterocycles. The highest BCUT2D eigenvalue weighted by Gasteiger charge is 2.19. The Morgan fingerprint density at radius 3 is 2.36 bits per heavy atom. The van der Waals surface area contributed by atoms with Crippen LogP contribution in [0.1, 0.15) is 53.7 Å². The quantitative estimate of drug-likeness (QED) is 0.361. The van der Waals surface area contributed by atoms with E-state index >= 15 is 0 Å². The standard InChI is InChI=1S/C28H35N3O4S/c1-18(2)14-23(29)13-12-21-15-25(27-19(3)8-6-9-20(27)4)30-26(16-21)31-36(33,34)24-11-7-10-22(17-24)28(32)35-5/h6-11,15-18,23H,12-14,29H2,1-5H3,(H,30,31)/t23-/m0/s1. The average molecular weight is 510 g/mol. The van der Waals surface area contributed by atoms with E-state index in [0.717, 1.165) is 35.1 Å². The van der Waals surface area contributed by atoms with Gasteiger partial charge in [-0.25, -0.2) is 18.2 Å². The Labute approximate surface area is 214 Å². The van der Waals surface area contributed by atoms with Crippen molar-refractivity contribution < 1.29 is 17.9 Å². The third kappa shape index (κ3) is 6.92. The van der Waals surface area contributed by atoms with Crippen molar-refractivity contribution in [2.75, 3.05) is 11.8 Å². The smallest absolute Gasteiger partial charge is 0.337 e. The number of aromatic nitrogens is 1. The van der Waals surface area contributed by atoms with Crippen LogP contribution >= 0.6 is 0 Å². The predicted molar refractivity (Wildman–Crippen MR) is 143 cm³/mol. The Hall–Kier alpha value is -3.23. The Morgan fingerprint density at radius 2 is 1.72 bits per heavy atom. The van der Waals surface area contributed by atoms with Gasteiger partial charge in [-0.1, -0.05) is 38.1 Å². The van der Waals surface area contributed by atoms with Crippen molar-refractivity contribution in [2.24, 2.45) is 11.7 Å². The molecule has 1 atom stereocenters. The zero-order valence-corrected chi connectivity index (χ0v) is 22.4. The number of anilines is 1. The van der Waals surface area contributed by atoms with Gasteiger partial charge in [-0.2, -0.15) is 0 Å². The lowest BCUT2D eigenvalue weighted by atomic mass is 9.96. The van der Waals surface area contributed by atoms with Crippen LogP contribution in [-0.2, 0) is 21.2 Å². The van der Waals surface area contributed by atoms with E-state index in [2.05, 4.69) is 23.6 Å². The van der Waals surface area contributed by atoms with E-state index in [1.165, 1.54) is 31.4 Å². The molecule has 7 nitrogen and oxygen atoms in total. The van der Waals surface area contributed by atoms with Crippen LogP contribution in [0.5, 0.6) is 0 Å². The molecule has 0 aliphatic rings. The van der Waals surface area contributed by atoms with Gasteiger partial charge in [-0.3, -0.25) is 4.72 Å². The number of sulfonamides is 1. The SMILES string of the molecule is COC(=O)c1cccc(S(=O)(=O)Nc2cc(CC[C@H](N)CC(C)C)cc(-c3c(C)cccc3C)n2)c1. The van der Waals surface area contributed by atoms with Crippen LogP contribution in [0.2, 0.25) is 0 Å². The lowest BCUT2D eigenvalue weighted by Crippen LogP contribution is -2.22. The number of aryl methyl sites for hydroxylation is 3. The Morgan fingerprint density at radius 1 is 1.06 bits per heavy atom. The van der Waals surface area contributed by atoms with Crippen LogP contribution in [0.25, 0.3) is 11.3 Å². The molecule has 1 aromatic heterocycles. The number of hydrogen-bond donors (Lipinski definition) is 2. The van der Waals surface area contributed by atoms with E-state index < -0.39 is 16.0 Å².